The second kappa shape index (κ2) is 3.75. The van der Waals surface area contributed by atoms with E-state index >= 15 is 0 Å². The zero-order valence-electron chi connectivity index (χ0n) is 8.72. The molecule has 0 amide bonds. The van der Waals surface area contributed by atoms with Crippen molar-refractivity contribution in [1.29, 1.82) is 0 Å². The molecular formula is C11H13NO4. The van der Waals surface area contributed by atoms with Crippen molar-refractivity contribution in [2.45, 2.75) is 24.7 Å². The van der Waals surface area contributed by atoms with Crippen LogP contribution in [0.1, 0.15) is 24.8 Å². The van der Waals surface area contributed by atoms with Crippen LogP contribution in [0.3, 0.4) is 0 Å². The van der Waals surface area contributed by atoms with Crippen LogP contribution in [0.5, 0.6) is 5.75 Å². The molecule has 1 saturated carbocycles. The molecule has 0 heterocycles. The number of hydrogen-bond donors (Lipinski definition) is 2. The maximum Gasteiger partial charge on any atom is 0.269 e. The first-order valence-electron chi connectivity index (χ1n) is 5.18. The van der Waals surface area contributed by atoms with Gasteiger partial charge in [0.25, 0.3) is 5.69 Å². The van der Waals surface area contributed by atoms with Gasteiger partial charge in [-0.15, -0.1) is 0 Å². The third-order valence-electron chi connectivity index (χ3n) is 3.38. The minimum Gasteiger partial charge on any atom is -0.508 e. The first-order valence-corrected chi connectivity index (χ1v) is 5.18. The molecule has 1 fully saturated rings. The number of benzene rings is 1. The van der Waals surface area contributed by atoms with Gasteiger partial charge in [-0.3, -0.25) is 10.1 Å². The van der Waals surface area contributed by atoms with Crippen LogP contribution in [0, 0.1) is 10.1 Å². The quantitative estimate of drug-likeness (QED) is 0.603. The molecule has 2 rings (SSSR count). The summed E-state index contributed by atoms with van der Waals surface area (Å²) in [6.07, 6.45) is 2.50. The Kier molecular flexibility index (Phi) is 2.55. The summed E-state index contributed by atoms with van der Waals surface area (Å²) in [6.45, 7) is -0.0816. The Hall–Kier alpha value is -1.62. The summed E-state index contributed by atoms with van der Waals surface area (Å²) in [5.74, 6) is 0.0272. The minimum absolute atomic E-state index is 0.0272. The summed E-state index contributed by atoms with van der Waals surface area (Å²) >= 11 is 0. The zero-order valence-corrected chi connectivity index (χ0v) is 8.72. The maximum atomic E-state index is 10.6. The van der Waals surface area contributed by atoms with Gasteiger partial charge in [-0.2, -0.15) is 0 Å². The van der Waals surface area contributed by atoms with E-state index in [0.717, 1.165) is 19.3 Å². The van der Waals surface area contributed by atoms with Gasteiger partial charge in [-0.25, -0.2) is 0 Å². The Morgan fingerprint density at radius 3 is 2.56 bits per heavy atom. The van der Waals surface area contributed by atoms with Crippen LogP contribution in [0.4, 0.5) is 5.69 Å². The summed E-state index contributed by atoms with van der Waals surface area (Å²) in [4.78, 5) is 10.2. The van der Waals surface area contributed by atoms with Crippen LogP contribution in [-0.2, 0) is 5.41 Å². The summed E-state index contributed by atoms with van der Waals surface area (Å²) in [5.41, 5.74) is -0.0289. The van der Waals surface area contributed by atoms with E-state index in [1.165, 1.54) is 18.2 Å². The van der Waals surface area contributed by atoms with Gasteiger partial charge in [0.05, 0.1) is 11.5 Å². The van der Waals surface area contributed by atoms with Crippen molar-refractivity contribution in [3.63, 3.8) is 0 Å². The molecule has 0 atom stereocenters. The highest BCUT2D eigenvalue weighted by molar-refractivity contribution is 5.48. The summed E-state index contributed by atoms with van der Waals surface area (Å²) in [7, 11) is 0. The molecule has 1 aromatic rings. The van der Waals surface area contributed by atoms with Crippen molar-refractivity contribution < 1.29 is 15.1 Å². The van der Waals surface area contributed by atoms with Crippen LogP contribution in [-0.4, -0.2) is 21.7 Å². The molecule has 1 aliphatic carbocycles. The molecule has 0 saturated heterocycles. The van der Waals surface area contributed by atoms with Crippen LogP contribution < -0.4 is 0 Å². The number of nitro benzene ring substituents is 1. The number of phenols is 1. The predicted octanol–water partition coefficient (Wildman–Crippen LogP) is 1.71. The van der Waals surface area contributed by atoms with E-state index in [1.54, 1.807) is 0 Å². The van der Waals surface area contributed by atoms with Crippen molar-refractivity contribution in [1.82, 2.24) is 0 Å². The molecule has 0 bridgehead atoms. The van der Waals surface area contributed by atoms with Gasteiger partial charge in [-0.05, 0) is 18.9 Å². The molecule has 0 spiro atoms. The zero-order chi connectivity index (χ0) is 11.8. The standard InChI is InChI=1S/C11H13NO4/c13-7-11(4-1-5-11)9-6-8(12(15)16)2-3-10(9)14/h2-3,6,13-14H,1,4-5,7H2. The smallest absolute Gasteiger partial charge is 0.269 e. The van der Waals surface area contributed by atoms with Crippen LogP contribution in [0.2, 0.25) is 0 Å². The SMILES string of the molecule is O=[N+]([O-])c1ccc(O)c(C2(CO)CCC2)c1. The van der Waals surface area contributed by atoms with Crippen molar-refractivity contribution in [3.8, 4) is 5.75 Å². The molecule has 0 aromatic heterocycles. The second-order valence-corrected chi connectivity index (χ2v) is 4.25. The van der Waals surface area contributed by atoms with E-state index in [4.69, 9.17) is 0 Å². The van der Waals surface area contributed by atoms with Crippen molar-refractivity contribution in [2.24, 2.45) is 0 Å². The van der Waals surface area contributed by atoms with E-state index in [2.05, 4.69) is 0 Å². The lowest BCUT2D eigenvalue weighted by Gasteiger charge is -2.40. The first kappa shape index (κ1) is 10.9. The van der Waals surface area contributed by atoms with Crippen LogP contribution >= 0.6 is 0 Å². The average molecular weight is 223 g/mol. The molecule has 2 N–H and O–H groups in total. The van der Waals surface area contributed by atoms with E-state index in [0.29, 0.717) is 5.56 Å². The monoisotopic (exact) mass is 223 g/mol. The second-order valence-electron chi connectivity index (χ2n) is 4.25. The molecule has 5 heteroatoms. The number of nitrogens with zero attached hydrogens (tertiary/aromatic N) is 1. The highest BCUT2D eigenvalue weighted by Gasteiger charge is 2.40. The fourth-order valence-corrected chi connectivity index (χ4v) is 2.18. The summed E-state index contributed by atoms with van der Waals surface area (Å²) in [6, 6.07) is 3.95. The van der Waals surface area contributed by atoms with E-state index in [1.807, 2.05) is 0 Å². The molecular weight excluding hydrogens is 210 g/mol. The highest BCUT2D eigenvalue weighted by atomic mass is 16.6. The molecule has 1 aliphatic rings. The van der Waals surface area contributed by atoms with Crippen molar-refractivity contribution in [2.75, 3.05) is 6.61 Å². The number of phenolic OH excluding ortho intramolecular Hbond substituents is 1. The third-order valence-corrected chi connectivity index (χ3v) is 3.38. The number of aliphatic hydroxyl groups excluding tert-OH is 1. The fraction of sp³-hybridized carbons (Fsp3) is 0.455. The van der Waals surface area contributed by atoms with Gasteiger partial charge in [0.1, 0.15) is 5.75 Å². The number of nitro groups is 1. The maximum absolute atomic E-state index is 10.6. The Morgan fingerprint density at radius 1 is 1.44 bits per heavy atom. The lowest BCUT2D eigenvalue weighted by atomic mass is 9.64. The van der Waals surface area contributed by atoms with E-state index in [-0.39, 0.29) is 18.0 Å². The number of aromatic hydroxyl groups is 1. The third kappa shape index (κ3) is 1.53. The van der Waals surface area contributed by atoms with Crippen LogP contribution in [0.15, 0.2) is 18.2 Å². The van der Waals surface area contributed by atoms with Crippen molar-refractivity contribution >= 4 is 5.69 Å². The lowest BCUT2D eigenvalue weighted by Crippen LogP contribution is -2.37. The first-order chi connectivity index (χ1) is 7.59. The molecule has 5 nitrogen and oxygen atoms in total. The molecule has 86 valence electrons. The number of aliphatic hydroxyl groups is 1. The highest BCUT2D eigenvalue weighted by Crippen LogP contribution is 2.47. The van der Waals surface area contributed by atoms with Crippen LogP contribution in [0.25, 0.3) is 0 Å². The lowest BCUT2D eigenvalue weighted by molar-refractivity contribution is -0.385. The topological polar surface area (TPSA) is 83.6 Å². The predicted molar refractivity (Wildman–Crippen MR) is 57.4 cm³/mol. The molecule has 0 unspecified atom stereocenters. The minimum atomic E-state index is -0.493. The van der Waals surface area contributed by atoms with E-state index in [9.17, 15) is 20.3 Å². The van der Waals surface area contributed by atoms with E-state index < -0.39 is 10.3 Å². The Morgan fingerprint density at radius 2 is 2.12 bits per heavy atom. The molecule has 0 radical (unpaired) electrons. The van der Waals surface area contributed by atoms with Gasteiger partial charge in [0, 0.05) is 23.1 Å². The van der Waals surface area contributed by atoms with Gasteiger partial charge in [0.15, 0.2) is 0 Å². The van der Waals surface area contributed by atoms with Gasteiger partial charge < -0.3 is 10.2 Å². The number of hydrogen-bond acceptors (Lipinski definition) is 4. The Balaban J connectivity index is 2.46. The largest absolute Gasteiger partial charge is 0.508 e. The van der Waals surface area contributed by atoms with Gasteiger partial charge in [0.2, 0.25) is 0 Å². The van der Waals surface area contributed by atoms with Gasteiger partial charge >= 0.3 is 0 Å². The number of non-ortho nitro benzene ring substituents is 1. The number of rotatable bonds is 3. The molecule has 16 heavy (non-hydrogen) atoms. The Labute approximate surface area is 92.5 Å². The van der Waals surface area contributed by atoms with Crippen molar-refractivity contribution in [3.05, 3.63) is 33.9 Å². The average Bonchev–Trinajstić information content (AvgIpc) is 2.19. The molecule has 1 aromatic carbocycles. The Bertz CT molecular complexity index is 420. The normalized spacial score (nSPS) is 17.8. The molecule has 0 aliphatic heterocycles. The fourth-order valence-electron chi connectivity index (χ4n) is 2.18. The summed E-state index contributed by atoms with van der Waals surface area (Å²) in [5, 5.41) is 29.7. The van der Waals surface area contributed by atoms with Gasteiger partial charge in [-0.1, -0.05) is 6.42 Å². The summed E-state index contributed by atoms with van der Waals surface area (Å²) < 4.78 is 0.